The summed E-state index contributed by atoms with van der Waals surface area (Å²) in [6.07, 6.45) is 0. The van der Waals surface area contributed by atoms with E-state index in [1.165, 1.54) is 0 Å². The predicted molar refractivity (Wildman–Crippen MR) is 23.0 cm³/mol. The molecule has 0 aromatic rings. The Labute approximate surface area is 70.4 Å². The van der Waals surface area contributed by atoms with E-state index in [1.807, 2.05) is 0 Å². The van der Waals surface area contributed by atoms with Crippen molar-refractivity contribution in [2.75, 3.05) is 0 Å². The smallest absolute Gasteiger partial charge is 0.412 e. The molecule has 0 amide bonds. The van der Waals surface area contributed by atoms with Crippen molar-refractivity contribution < 1.29 is 37.4 Å². The summed E-state index contributed by atoms with van der Waals surface area (Å²) in [6, 6.07) is 0.882. The van der Waals surface area contributed by atoms with Crippen LogP contribution in [0.5, 0.6) is 0 Å². The topological polar surface area (TPSA) is 113 Å². The first-order chi connectivity index (χ1) is 4.09. The van der Waals surface area contributed by atoms with Gasteiger partial charge in [-0.2, -0.15) is 5.26 Å². The van der Waals surface area contributed by atoms with Crippen molar-refractivity contribution in [1.82, 2.24) is 0 Å². The van der Waals surface area contributed by atoms with E-state index >= 15 is 0 Å². The van der Waals surface area contributed by atoms with Crippen LogP contribution in [0.1, 0.15) is 0 Å². The third-order valence-corrected chi connectivity index (χ3v) is 0.454. The Hall–Kier alpha value is -1.10. The Morgan fingerprint density at radius 2 is 2.00 bits per heavy atom. The first-order valence-electron chi connectivity index (χ1n) is 1.67. The first-order valence-corrected chi connectivity index (χ1v) is 1.67. The summed E-state index contributed by atoms with van der Waals surface area (Å²) >= 11 is 0. The monoisotopic (exact) mass is 238 g/mol. The van der Waals surface area contributed by atoms with E-state index < -0.39 is 15.7 Å². The summed E-state index contributed by atoms with van der Waals surface area (Å²) in [5, 5.41) is 34.6. The number of hydrogen-bond donors (Lipinski definition) is 1. The van der Waals surface area contributed by atoms with Gasteiger partial charge in [0.2, 0.25) is 0 Å². The summed E-state index contributed by atoms with van der Waals surface area (Å²) in [4.78, 5) is 7.13. The molecule has 0 bridgehead atoms. The van der Waals surface area contributed by atoms with Gasteiger partial charge in [0.1, 0.15) is 9.83 Å². The number of rotatable bonds is 0. The van der Waals surface area contributed by atoms with Gasteiger partial charge in [-0.15, -0.1) is 0 Å². The molecule has 0 unspecified atom stereocenters. The van der Waals surface area contributed by atoms with E-state index in [9.17, 15) is 15.3 Å². The summed E-state index contributed by atoms with van der Waals surface area (Å²) < 4.78 is 0. The van der Waals surface area contributed by atoms with Crippen LogP contribution in [-0.4, -0.2) is 20.9 Å². The van der Waals surface area contributed by atoms with Crippen LogP contribution in [0.3, 0.4) is 0 Å². The molecule has 10 heavy (non-hydrogen) atoms. The van der Waals surface area contributed by atoms with Crippen molar-refractivity contribution in [1.29, 1.82) is 5.26 Å². The molecule has 0 aromatic heterocycles. The molecule has 0 atom stereocenters. The number of nitrogens with zero attached hydrogens (tertiary/aromatic N) is 3. The van der Waals surface area contributed by atoms with Crippen LogP contribution in [0.4, 0.5) is 0 Å². The molecule has 0 spiro atoms. The van der Waals surface area contributed by atoms with E-state index in [1.54, 1.807) is 0 Å². The largest absolute Gasteiger partial charge is 0.638 e. The van der Waals surface area contributed by atoms with E-state index in [-0.39, 0.29) is 22.4 Å². The second-order valence-corrected chi connectivity index (χ2v) is 0.965. The van der Waals surface area contributed by atoms with Crippen LogP contribution in [0.2, 0.25) is 0 Å². The zero-order valence-corrected chi connectivity index (χ0v) is 5.80. The fourth-order valence-electron chi connectivity index (χ4n) is 0.153. The van der Waals surface area contributed by atoms with Crippen LogP contribution in [-0.2, 0) is 22.4 Å². The molecule has 0 aromatic carbocycles. The molecule has 0 heterocycles. The molecule has 1 N–H and O–H groups in total. The van der Waals surface area contributed by atoms with Gasteiger partial charge in [-0.1, -0.05) is 0 Å². The van der Waals surface area contributed by atoms with Crippen molar-refractivity contribution >= 4 is 5.84 Å². The summed E-state index contributed by atoms with van der Waals surface area (Å²) in [5.41, 5.74) is 0. The van der Waals surface area contributed by atoms with Gasteiger partial charge in [0.15, 0.2) is 0 Å². The van der Waals surface area contributed by atoms with Crippen LogP contribution < -0.4 is 0 Å². The fourth-order valence-corrected chi connectivity index (χ4v) is 0.153. The van der Waals surface area contributed by atoms with Gasteiger partial charge in [-0.05, 0) is 0 Å². The van der Waals surface area contributed by atoms with Crippen LogP contribution in [0.15, 0.2) is 0 Å². The third kappa shape index (κ3) is 3.03. The molecule has 0 aliphatic carbocycles. The maximum Gasteiger partial charge on any atom is 0.638 e. The Morgan fingerprint density at radius 3 is 2.00 bits per heavy atom. The van der Waals surface area contributed by atoms with Crippen LogP contribution in [0.25, 0.3) is 0 Å². The van der Waals surface area contributed by atoms with Gasteiger partial charge in [0, 0.05) is 22.4 Å². The number of nitriles is 1. The second kappa shape index (κ2) is 4.75. The van der Waals surface area contributed by atoms with E-state index in [0.717, 1.165) is 6.07 Å². The maximum absolute atomic E-state index is 9.59. The SMILES string of the molecule is N#C/C([N+](=O)[O-])=[N+](/[O-])O.[Ag]. The average molecular weight is 239 g/mol. The molecule has 0 rings (SSSR count). The zero-order chi connectivity index (χ0) is 7.44. The van der Waals surface area contributed by atoms with E-state index in [2.05, 4.69) is 0 Å². The van der Waals surface area contributed by atoms with Gasteiger partial charge in [-0.3, -0.25) is 15.3 Å². The second-order valence-electron chi connectivity index (χ2n) is 0.965. The van der Waals surface area contributed by atoms with Crippen molar-refractivity contribution in [3.05, 3.63) is 15.3 Å². The molecule has 0 aliphatic heterocycles. The predicted octanol–water partition coefficient (Wildman–Crippen LogP) is -0.918. The minimum absolute atomic E-state index is 0. The zero-order valence-electron chi connectivity index (χ0n) is 4.32. The molecule has 0 saturated heterocycles. The molecule has 1 radical (unpaired) electrons. The molecule has 0 saturated carbocycles. The van der Waals surface area contributed by atoms with Gasteiger partial charge >= 0.3 is 5.84 Å². The summed E-state index contributed by atoms with van der Waals surface area (Å²) in [6.45, 7) is 0. The Kier molecular flexibility index (Phi) is 5.54. The van der Waals surface area contributed by atoms with Gasteiger partial charge in [-0.25, -0.2) is 0 Å². The Morgan fingerprint density at radius 1 is 1.60 bits per heavy atom. The Balaban J connectivity index is 0. The quantitative estimate of drug-likeness (QED) is 0.112. The van der Waals surface area contributed by atoms with Crippen LogP contribution in [0, 0.1) is 26.7 Å². The average Bonchev–Trinajstić information content (AvgIpc) is 1.64. The van der Waals surface area contributed by atoms with Gasteiger partial charge < -0.3 is 5.21 Å². The molecular weight excluding hydrogens is 238 g/mol. The number of nitro groups is 1. The van der Waals surface area contributed by atoms with Crippen molar-refractivity contribution in [3.8, 4) is 6.07 Å². The molecule has 0 aliphatic rings. The standard InChI is InChI=1S/C2HN3O4.Ag/c3-1-2(4(6)7)5(8)9;/h(H,6,7);. The molecular formula is C2HAgN3O4. The molecule has 0 fully saturated rings. The third-order valence-electron chi connectivity index (χ3n) is 0.454. The molecule has 59 valence electrons. The molecule has 7 nitrogen and oxygen atoms in total. The number of hydrogen-bond acceptors (Lipinski definition) is 5. The summed E-state index contributed by atoms with van der Waals surface area (Å²) in [5.74, 6) is -1.45. The summed E-state index contributed by atoms with van der Waals surface area (Å²) in [7, 11) is 0. The Bertz CT molecular complexity index is 201. The fraction of sp³-hybridized carbons (Fsp3) is 0. The minimum Gasteiger partial charge on any atom is -0.412 e. The van der Waals surface area contributed by atoms with Crippen LogP contribution >= 0.6 is 0 Å². The normalized spacial score (nSPS) is 10.3. The minimum atomic E-state index is -1.45. The molecule has 8 heteroatoms. The van der Waals surface area contributed by atoms with Crippen molar-refractivity contribution in [2.45, 2.75) is 0 Å². The first kappa shape index (κ1) is 11.7. The van der Waals surface area contributed by atoms with Gasteiger partial charge in [0.25, 0.3) is 6.07 Å². The van der Waals surface area contributed by atoms with Gasteiger partial charge in [0.05, 0.1) is 0 Å². The van der Waals surface area contributed by atoms with Crippen molar-refractivity contribution in [2.24, 2.45) is 0 Å². The van der Waals surface area contributed by atoms with E-state index in [4.69, 9.17) is 10.5 Å². The van der Waals surface area contributed by atoms with Crippen molar-refractivity contribution in [3.63, 3.8) is 0 Å². The van der Waals surface area contributed by atoms with E-state index in [0.29, 0.717) is 0 Å². The maximum atomic E-state index is 9.59. The number of amidine groups is 1.